The highest BCUT2D eigenvalue weighted by molar-refractivity contribution is 5.96. The van der Waals surface area contributed by atoms with Crippen molar-refractivity contribution in [3.05, 3.63) is 47.5 Å². The molecule has 2 saturated heterocycles. The van der Waals surface area contributed by atoms with Gasteiger partial charge in [0.25, 0.3) is 5.91 Å². The first-order valence-electron chi connectivity index (χ1n) is 12.8. The van der Waals surface area contributed by atoms with Crippen molar-refractivity contribution >= 4 is 34.6 Å². The number of nitrogen functional groups attached to an aromatic ring is 4. The molecule has 2 aliphatic heterocycles. The van der Waals surface area contributed by atoms with Gasteiger partial charge >= 0.3 is 5.97 Å². The third kappa shape index (κ3) is 11.8. The number of nitrogens with one attached hydrogen (secondary N) is 1. The highest BCUT2D eigenvalue weighted by atomic mass is 16.5. The summed E-state index contributed by atoms with van der Waals surface area (Å²) < 4.78 is 10.4. The Bertz CT molecular complexity index is 1040. The summed E-state index contributed by atoms with van der Waals surface area (Å²) in [6.07, 6.45) is 0. The molecule has 2 fully saturated rings. The monoisotopic (exact) mass is 546 g/mol. The molecule has 0 aliphatic carbocycles. The molecular weight excluding hydrogens is 504 g/mol. The fourth-order valence-electron chi connectivity index (χ4n) is 3.69. The molecule has 0 atom stereocenters. The zero-order valence-corrected chi connectivity index (χ0v) is 22.3. The SMILES string of the molecule is NCCN1CCOCC1.Nc1ccc(C(=O)NCCN2CCOCC2)cc1N.Nc1ccc(C(=O)O)cc1N. The van der Waals surface area contributed by atoms with Gasteiger partial charge in [-0.05, 0) is 36.4 Å². The number of carbonyl (C=O) groups is 2. The van der Waals surface area contributed by atoms with Crippen molar-refractivity contribution in [2.45, 2.75) is 0 Å². The Labute approximate surface area is 229 Å². The van der Waals surface area contributed by atoms with Crippen molar-refractivity contribution in [1.29, 1.82) is 0 Å². The van der Waals surface area contributed by atoms with Crippen LogP contribution in [0.4, 0.5) is 22.7 Å². The van der Waals surface area contributed by atoms with Gasteiger partial charge in [-0.15, -0.1) is 0 Å². The molecular formula is C26H42N8O5. The van der Waals surface area contributed by atoms with Gasteiger partial charge in [0.1, 0.15) is 0 Å². The third-order valence-corrected chi connectivity index (χ3v) is 6.05. The maximum absolute atomic E-state index is 11.9. The number of carboxylic acids is 1. The molecule has 2 heterocycles. The molecule has 4 rings (SSSR count). The largest absolute Gasteiger partial charge is 0.478 e. The van der Waals surface area contributed by atoms with Crippen LogP contribution in [0.2, 0.25) is 0 Å². The molecule has 0 unspecified atom stereocenters. The fourth-order valence-corrected chi connectivity index (χ4v) is 3.69. The Morgan fingerprint density at radius 2 is 1.21 bits per heavy atom. The minimum atomic E-state index is -1.00. The van der Waals surface area contributed by atoms with Gasteiger partial charge in [-0.1, -0.05) is 0 Å². The number of benzene rings is 2. The Balaban J connectivity index is 0.000000226. The Morgan fingerprint density at radius 1 is 0.744 bits per heavy atom. The predicted molar refractivity (Wildman–Crippen MR) is 153 cm³/mol. The van der Waals surface area contributed by atoms with E-state index >= 15 is 0 Å². The van der Waals surface area contributed by atoms with Gasteiger partial charge in [-0.2, -0.15) is 0 Å². The smallest absolute Gasteiger partial charge is 0.335 e. The Hall–Kier alpha value is -3.62. The lowest BCUT2D eigenvalue weighted by Crippen LogP contribution is -2.41. The molecule has 1 amide bonds. The minimum Gasteiger partial charge on any atom is -0.478 e. The normalized spacial score (nSPS) is 15.7. The lowest BCUT2D eigenvalue weighted by Gasteiger charge is -2.26. The number of amides is 1. The summed E-state index contributed by atoms with van der Waals surface area (Å²) in [5.74, 6) is -1.13. The number of morpholine rings is 2. The van der Waals surface area contributed by atoms with E-state index in [0.29, 0.717) is 34.9 Å². The highest BCUT2D eigenvalue weighted by Gasteiger charge is 2.11. The molecule has 2 aliphatic rings. The predicted octanol–water partition coefficient (Wildman–Crippen LogP) is -0.260. The number of rotatable bonds is 7. The van der Waals surface area contributed by atoms with Crippen LogP contribution in [0.25, 0.3) is 0 Å². The van der Waals surface area contributed by atoms with E-state index in [1.54, 1.807) is 18.2 Å². The molecule has 39 heavy (non-hydrogen) atoms. The van der Waals surface area contributed by atoms with Gasteiger partial charge in [0.05, 0.1) is 54.7 Å². The van der Waals surface area contributed by atoms with Crippen molar-refractivity contribution in [3.8, 4) is 0 Å². The van der Waals surface area contributed by atoms with Gasteiger partial charge in [-0.25, -0.2) is 4.79 Å². The summed E-state index contributed by atoms with van der Waals surface area (Å²) in [6.45, 7) is 10.5. The first kappa shape index (κ1) is 31.6. The summed E-state index contributed by atoms with van der Waals surface area (Å²) in [5.41, 5.74) is 29.7. The number of anilines is 4. The van der Waals surface area contributed by atoms with E-state index in [0.717, 1.165) is 72.2 Å². The highest BCUT2D eigenvalue weighted by Crippen LogP contribution is 2.16. The van der Waals surface area contributed by atoms with Crippen LogP contribution in [0, 0.1) is 0 Å². The van der Waals surface area contributed by atoms with Gasteiger partial charge in [-0.3, -0.25) is 14.6 Å². The second-order valence-electron chi connectivity index (χ2n) is 8.95. The zero-order chi connectivity index (χ0) is 28.6. The van der Waals surface area contributed by atoms with Crippen LogP contribution in [-0.4, -0.2) is 106 Å². The maximum atomic E-state index is 11.9. The number of carbonyl (C=O) groups excluding carboxylic acids is 1. The Morgan fingerprint density at radius 3 is 1.67 bits per heavy atom. The van der Waals surface area contributed by atoms with Gasteiger partial charge in [0.2, 0.25) is 0 Å². The lowest BCUT2D eigenvalue weighted by molar-refractivity contribution is 0.0383. The number of hydrogen-bond donors (Lipinski definition) is 7. The second-order valence-corrected chi connectivity index (χ2v) is 8.95. The molecule has 13 nitrogen and oxygen atoms in total. The van der Waals surface area contributed by atoms with Crippen molar-refractivity contribution in [3.63, 3.8) is 0 Å². The third-order valence-electron chi connectivity index (χ3n) is 6.05. The molecule has 0 saturated carbocycles. The van der Waals surface area contributed by atoms with E-state index < -0.39 is 5.97 Å². The van der Waals surface area contributed by atoms with Crippen LogP contribution in [0.15, 0.2) is 36.4 Å². The van der Waals surface area contributed by atoms with Crippen LogP contribution in [0.1, 0.15) is 20.7 Å². The number of hydrogen-bond acceptors (Lipinski definition) is 11. The van der Waals surface area contributed by atoms with Gasteiger partial charge in [0.15, 0.2) is 0 Å². The van der Waals surface area contributed by atoms with E-state index in [1.807, 2.05) is 0 Å². The molecule has 0 radical (unpaired) electrons. The topological polar surface area (TPSA) is 221 Å². The second kappa shape index (κ2) is 17.1. The standard InChI is InChI=1S/C13H20N4O2.C7H8N2O2.C6H14N2O/c14-11-2-1-10(9-12(11)15)13(18)16-3-4-17-5-7-19-8-6-17;8-5-2-1-4(7(10)11)3-6(5)9;7-1-2-8-3-5-9-6-4-8/h1-2,9H,3-8,14-15H2,(H,16,18);1-3H,8-9H2,(H,10,11);1-7H2. The van der Waals surface area contributed by atoms with Crippen molar-refractivity contribution in [2.24, 2.45) is 5.73 Å². The first-order chi connectivity index (χ1) is 18.7. The van der Waals surface area contributed by atoms with E-state index in [-0.39, 0.29) is 11.5 Å². The van der Waals surface area contributed by atoms with Crippen LogP contribution >= 0.6 is 0 Å². The molecule has 0 spiro atoms. The van der Waals surface area contributed by atoms with Gasteiger partial charge < -0.3 is 48.6 Å². The Kier molecular flexibility index (Phi) is 13.8. The molecule has 216 valence electrons. The number of carboxylic acid groups (broad SMARTS) is 1. The van der Waals surface area contributed by atoms with E-state index in [1.165, 1.54) is 18.2 Å². The quantitative estimate of drug-likeness (QED) is 0.223. The van der Waals surface area contributed by atoms with Crippen LogP contribution in [-0.2, 0) is 9.47 Å². The average Bonchev–Trinajstić information content (AvgIpc) is 2.94. The summed E-state index contributed by atoms with van der Waals surface area (Å²) >= 11 is 0. The molecule has 0 bridgehead atoms. The lowest BCUT2D eigenvalue weighted by atomic mass is 10.1. The van der Waals surface area contributed by atoms with Crippen LogP contribution in [0.5, 0.6) is 0 Å². The number of nitrogens with two attached hydrogens (primary N) is 5. The number of ether oxygens (including phenoxy) is 2. The van der Waals surface area contributed by atoms with Crippen molar-refractivity contribution < 1.29 is 24.2 Å². The van der Waals surface area contributed by atoms with E-state index in [2.05, 4.69) is 15.1 Å². The molecule has 13 heteroatoms. The molecule has 12 N–H and O–H groups in total. The number of nitrogens with zero attached hydrogens (tertiary/aromatic N) is 2. The van der Waals surface area contributed by atoms with Crippen molar-refractivity contribution in [2.75, 3.05) is 102 Å². The minimum absolute atomic E-state index is 0.125. The average molecular weight is 547 g/mol. The molecule has 2 aromatic rings. The summed E-state index contributed by atoms with van der Waals surface area (Å²) in [4.78, 5) is 26.9. The van der Waals surface area contributed by atoms with Gasteiger partial charge in [0, 0.05) is 57.9 Å². The number of aromatic carboxylic acids is 1. The van der Waals surface area contributed by atoms with Crippen molar-refractivity contribution in [1.82, 2.24) is 15.1 Å². The molecule has 0 aromatic heterocycles. The summed E-state index contributed by atoms with van der Waals surface area (Å²) in [5, 5.41) is 11.4. The summed E-state index contributed by atoms with van der Waals surface area (Å²) in [7, 11) is 0. The van der Waals surface area contributed by atoms with Crippen LogP contribution in [0.3, 0.4) is 0 Å². The maximum Gasteiger partial charge on any atom is 0.335 e. The summed E-state index contributed by atoms with van der Waals surface area (Å²) in [6, 6.07) is 9.13. The molecule has 2 aromatic carbocycles. The first-order valence-corrected chi connectivity index (χ1v) is 12.8. The van der Waals surface area contributed by atoms with Crippen LogP contribution < -0.4 is 34.0 Å². The van der Waals surface area contributed by atoms with E-state index in [9.17, 15) is 9.59 Å². The van der Waals surface area contributed by atoms with E-state index in [4.69, 9.17) is 43.2 Å². The fraction of sp³-hybridized carbons (Fsp3) is 0.462. The zero-order valence-electron chi connectivity index (χ0n) is 22.3.